The summed E-state index contributed by atoms with van der Waals surface area (Å²) in [6.45, 7) is 5.44. The van der Waals surface area contributed by atoms with E-state index < -0.39 is 0 Å². The van der Waals surface area contributed by atoms with E-state index in [2.05, 4.69) is 19.2 Å². The first kappa shape index (κ1) is 11.4. The lowest BCUT2D eigenvalue weighted by Crippen LogP contribution is -2.43. The Morgan fingerprint density at radius 3 is 2.73 bits per heavy atom. The fraction of sp³-hybridized carbons (Fsp3) is 1.00. The van der Waals surface area contributed by atoms with Crippen LogP contribution in [0.15, 0.2) is 0 Å². The fourth-order valence-corrected chi connectivity index (χ4v) is 2.59. The number of hydrogen-bond donors (Lipinski definition) is 1. The van der Waals surface area contributed by atoms with Gasteiger partial charge in [0.25, 0.3) is 0 Å². The maximum absolute atomic E-state index is 5.58. The molecule has 2 aliphatic rings. The number of rotatable bonds is 5. The van der Waals surface area contributed by atoms with Gasteiger partial charge >= 0.3 is 0 Å². The first-order valence-electron chi connectivity index (χ1n) is 6.65. The minimum absolute atomic E-state index is 0.453. The molecule has 0 aromatic carbocycles. The Bertz CT molecular complexity index is 189. The molecule has 1 heterocycles. The van der Waals surface area contributed by atoms with E-state index in [1.807, 2.05) is 0 Å². The topological polar surface area (TPSA) is 21.3 Å². The highest BCUT2D eigenvalue weighted by molar-refractivity contribution is 4.83. The summed E-state index contributed by atoms with van der Waals surface area (Å²) in [6.07, 6.45) is 8.48. The van der Waals surface area contributed by atoms with E-state index in [-0.39, 0.29) is 0 Å². The van der Waals surface area contributed by atoms with Gasteiger partial charge in [-0.15, -0.1) is 0 Å². The summed E-state index contributed by atoms with van der Waals surface area (Å²) in [5, 5.41) is 3.83. The van der Waals surface area contributed by atoms with Gasteiger partial charge in [0, 0.05) is 18.7 Å². The molecule has 1 aliphatic carbocycles. The molecule has 15 heavy (non-hydrogen) atoms. The minimum atomic E-state index is 0.453. The van der Waals surface area contributed by atoms with Crippen molar-refractivity contribution < 1.29 is 4.74 Å². The molecule has 0 bridgehead atoms. The SMILES string of the molecule is CCC(CC1CC1)NC1CCOC(C)C1. The van der Waals surface area contributed by atoms with Crippen LogP contribution in [-0.2, 0) is 4.74 Å². The second-order valence-corrected chi connectivity index (χ2v) is 5.35. The maximum Gasteiger partial charge on any atom is 0.0561 e. The van der Waals surface area contributed by atoms with Crippen LogP contribution in [0.1, 0.15) is 52.4 Å². The molecule has 3 atom stereocenters. The van der Waals surface area contributed by atoms with Gasteiger partial charge in [-0.1, -0.05) is 19.8 Å². The van der Waals surface area contributed by atoms with Gasteiger partial charge in [-0.3, -0.25) is 0 Å². The average molecular weight is 211 g/mol. The van der Waals surface area contributed by atoms with E-state index >= 15 is 0 Å². The van der Waals surface area contributed by atoms with Gasteiger partial charge in [0.15, 0.2) is 0 Å². The van der Waals surface area contributed by atoms with Crippen molar-refractivity contribution >= 4 is 0 Å². The van der Waals surface area contributed by atoms with Crippen molar-refractivity contribution in [3.05, 3.63) is 0 Å². The van der Waals surface area contributed by atoms with Gasteiger partial charge in [-0.25, -0.2) is 0 Å². The van der Waals surface area contributed by atoms with Crippen molar-refractivity contribution in [1.82, 2.24) is 5.32 Å². The Labute approximate surface area is 93.8 Å². The standard InChI is InChI=1S/C13H25NO/c1-3-12(9-11-4-5-11)14-13-6-7-15-10(2)8-13/h10-14H,3-9H2,1-2H3. The Hall–Kier alpha value is -0.0800. The van der Waals surface area contributed by atoms with Crippen molar-refractivity contribution in [3.63, 3.8) is 0 Å². The summed E-state index contributed by atoms with van der Waals surface area (Å²) in [5.74, 6) is 1.04. The quantitative estimate of drug-likeness (QED) is 0.755. The molecule has 1 N–H and O–H groups in total. The highest BCUT2D eigenvalue weighted by Crippen LogP contribution is 2.34. The van der Waals surface area contributed by atoms with E-state index in [4.69, 9.17) is 4.74 Å². The molecule has 1 saturated heterocycles. The smallest absolute Gasteiger partial charge is 0.0561 e. The monoisotopic (exact) mass is 211 g/mol. The van der Waals surface area contributed by atoms with Crippen LogP contribution in [0, 0.1) is 5.92 Å². The second-order valence-electron chi connectivity index (χ2n) is 5.35. The Kier molecular flexibility index (Phi) is 4.04. The minimum Gasteiger partial charge on any atom is -0.378 e. The third-order valence-corrected chi connectivity index (χ3v) is 3.76. The maximum atomic E-state index is 5.58. The number of nitrogens with one attached hydrogen (secondary N) is 1. The first-order valence-corrected chi connectivity index (χ1v) is 6.65. The molecule has 88 valence electrons. The second kappa shape index (κ2) is 5.31. The molecule has 0 radical (unpaired) electrons. The van der Waals surface area contributed by atoms with Crippen molar-refractivity contribution in [2.75, 3.05) is 6.61 Å². The van der Waals surface area contributed by atoms with E-state index in [0.29, 0.717) is 12.1 Å². The van der Waals surface area contributed by atoms with Crippen LogP contribution in [-0.4, -0.2) is 24.8 Å². The summed E-state index contributed by atoms with van der Waals surface area (Å²) < 4.78 is 5.58. The van der Waals surface area contributed by atoms with E-state index in [1.54, 1.807) is 0 Å². The molecule has 1 saturated carbocycles. The van der Waals surface area contributed by atoms with E-state index in [9.17, 15) is 0 Å². The van der Waals surface area contributed by atoms with Gasteiger partial charge in [-0.05, 0) is 38.5 Å². The van der Waals surface area contributed by atoms with Crippen molar-refractivity contribution in [1.29, 1.82) is 0 Å². The highest BCUT2D eigenvalue weighted by atomic mass is 16.5. The largest absolute Gasteiger partial charge is 0.378 e. The lowest BCUT2D eigenvalue weighted by molar-refractivity contribution is 0.0108. The molecule has 0 amide bonds. The van der Waals surface area contributed by atoms with Crippen molar-refractivity contribution in [3.8, 4) is 0 Å². The zero-order chi connectivity index (χ0) is 10.7. The van der Waals surface area contributed by atoms with Gasteiger partial charge in [0.05, 0.1) is 6.10 Å². The fourth-order valence-electron chi connectivity index (χ4n) is 2.59. The summed E-state index contributed by atoms with van der Waals surface area (Å²) in [6, 6.07) is 1.46. The zero-order valence-electron chi connectivity index (χ0n) is 10.2. The number of ether oxygens (including phenoxy) is 1. The zero-order valence-corrected chi connectivity index (χ0v) is 10.2. The predicted octanol–water partition coefficient (Wildman–Crippen LogP) is 2.72. The van der Waals surface area contributed by atoms with Crippen LogP contribution < -0.4 is 5.32 Å². The van der Waals surface area contributed by atoms with E-state index in [1.165, 1.54) is 38.5 Å². The van der Waals surface area contributed by atoms with Crippen LogP contribution in [0.3, 0.4) is 0 Å². The molecular weight excluding hydrogens is 186 g/mol. The van der Waals surface area contributed by atoms with Crippen LogP contribution in [0.4, 0.5) is 0 Å². The van der Waals surface area contributed by atoms with Crippen molar-refractivity contribution in [2.24, 2.45) is 5.92 Å². The molecule has 3 unspecified atom stereocenters. The molecule has 1 aliphatic heterocycles. The molecule has 0 spiro atoms. The third-order valence-electron chi connectivity index (χ3n) is 3.76. The molecule has 0 aromatic heterocycles. The summed E-state index contributed by atoms with van der Waals surface area (Å²) in [7, 11) is 0. The Morgan fingerprint density at radius 2 is 2.13 bits per heavy atom. The lowest BCUT2D eigenvalue weighted by atomic mass is 10.0. The molecule has 0 aromatic rings. The van der Waals surface area contributed by atoms with Gasteiger partial charge in [0.1, 0.15) is 0 Å². The van der Waals surface area contributed by atoms with Crippen molar-refractivity contribution in [2.45, 2.75) is 70.6 Å². The van der Waals surface area contributed by atoms with Gasteiger partial charge < -0.3 is 10.1 Å². The summed E-state index contributed by atoms with van der Waals surface area (Å²) >= 11 is 0. The van der Waals surface area contributed by atoms with Gasteiger partial charge in [0.2, 0.25) is 0 Å². The molecule has 2 heteroatoms. The number of hydrogen-bond acceptors (Lipinski definition) is 2. The van der Waals surface area contributed by atoms with Crippen LogP contribution in [0.25, 0.3) is 0 Å². The van der Waals surface area contributed by atoms with Crippen LogP contribution in [0.5, 0.6) is 0 Å². The van der Waals surface area contributed by atoms with Gasteiger partial charge in [-0.2, -0.15) is 0 Å². The molecular formula is C13H25NO. The Balaban J connectivity index is 1.72. The Morgan fingerprint density at radius 1 is 1.33 bits per heavy atom. The first-order chi connectivity index (χ1) is 7.28. The van der Waals surface area contributed by atoms with Crippen LogP contribution in [0.2, 0.25) is 0 Å². The highest BCUT2D eigenvalue weighted by Gasteiger charge is 2.27. The van der Waals surface area contributed by atoms with E-state index in [0.717, 1.165) is 18.6 Å². The molecule has 2 nitrogen and oxygen atoms in total. The lowest BCUT2D eigenvalue weighted by Gasteiger charge is -2.31. The molecule has 2 rings (SSSR count). The van der Waals surface area contributed by atoms with Crippen LogP contribution >= 0.6 is 0 Å². The third kappa shape index (κ3) is 3.76. The average Bonchev–Trinajstić information content (AvgIpc) is 3.01. The summed E-state index contributed by atoms with van der Waals surface area (Å²) in [5.41, 5.74) is 0. The predicted molar refractivity (Wildman–Crippen MR) is 63.0 cm³/mol. The summed E-state index contributed by atoms with van der Waals surface area (Å²) in [4.78, 5) is 0. The normalized spacial score (nSPS) is 34.0. The molecule has 2 fully saturated rings.